The molecule has 3 aromatic carbocycles. The van der Waals surface area contributed by atoms with Crippen molar-refractivity contribution in [2.45, 2.75) is 25.1 Å². The van der Waals surface area contributed by atoms with Crippen LogP contribution in [0.15, 0.2) is 78.9 Å². The van der Waals surface area contributed by atoms with Gasteiger partial charge in [-0.05, 0) is 48.4 Å². The number of amides is 1. The number of thioether (sulfide) groups is 1. The summed E-state index contributed by atoms with van der Waals surface area (Å²) < 4.78 is 25.6. The van der Waals surface area contributed by atoms with Gasteiger partial charge in [0.25, 0.3) is 5.24 Å². The van der Waals surface area contributed by atoms with Crippen molar-refractivity contribution in [3.8, 4) is 11.5 Å². The van der Waals surface area contributed by atoms with Crippen molar-refractivity contribution in [3.63, 3.8) is 0 Å². The number of halogens is 2. The topological polar surface area (TPSA) is 93.1 Å². The molecule has 0 radical (unpaired) electrons. The molecule has 0 saturated heterocycles. The Kier molecular flexibility index (Phi) is 10.1. The fourth-order valence-electron chi connectivity index (χ4n) is 3.25. The van der Waals surface area contributed by atoms with Gasteiger partial charge in [0.05, 0.1) is 0 Å². The second kappa shape index (κ2) is 13.1. The second-order valence-electron chi connectivity index (χ2n) is 7.62. The van der Waals surface area contributed by atoms with Crippen molar-refractivity contribution < 1.29 is 28.3 Å². The summed E-state index contributed by atoms with van der Waals surface area (Å²) in [4.78, 5) is 26.3. The third-order valence-electron chi connectivity index (χ3n) is 4.89. The molecule has 0 spiro atoms. The quantitative estimate of drug-likeness (QED) is 0.236. The largest absolute Gasteiger partial charge is 0.480 e. The Morgan fingerprint density at radius 3 is 1.97 bits per heavy atom. The third kappa shape index (κ3) is 8.20. The first-order valence-electron chi connectivity index (χ1n) is 10.9. The summed E-state index contributed by atoms with van der Waals surface area (Å²) in [7, 11) is -4.20. The molecule has 0 saturated carbocycles. The number of carboxylic acids is 1. The highest BCUT2D eigenvalue weighted by Crippen LogP contribution is 2.50. The fourth-order valence-corrected chi connectivity index (χ4v) is 6.26. The van der Waals surface area contributed by atoms with Crippen molar-refractivity contribution >= 4 is 53.8 Å². The zero-order valence-electron chi connectivity index (χ0n) is 19.3. The standard InChI is InChI=1S/C25H24Cl2NO6PS/c1-2-23(24(29)30)28(25(31)36-16-18-8-4-3-5-9-18)17-35(32,33-21-12-6-10-19(26)14-21)34-22-13-7-11-20(27)15-22/h3-15,23H,2,16-17H2,1H3,(H,29,30). The lowest BCUT2D eigenvalue weighted by Gasteiger charge is -2.31. The number of nitrogens with zero attached hydrogens (tertiary/aromatic N) is 1. The highest BCUT2D eigenvalue weighted by molar-refractivity contribution is 8.12. The maximum atomic E-state index is 14.1. The van der Waals surface area contributed by atoms with Gasteiger partial charge in [-0.3, -0.25) is 4.79 Å². The van der Waals surface area contributed by atoms with E-state index < -0.39 is 31.1 Å². The van der Waals surface area contributed by atoms with E-state index in [2.05, 4.69) is 0 Å². The Labute approximate surface area is 223 Å². The highest BCUT2D eigenvalue weighted by Gasteiger charge is 2.39. The molecule has 1 amide bonds. The van der Waals surface area contributed by atoms with E-state index in [1.807, 2.05) is 30.3 Å². The van der Waals surface area contributed by atoms with Gasteiger partial charge < -0.3 is 19.1 Å². The molecule has 7 nitrogen and oxygen atoms in total. The van der Waals surface area contributed by atoms with E-state index in [1.165, 1.54) is 24.3 Å². The number of carbonyl (C=O) groups is 2. The monoisotopic (exact) mass is 567 g/mol. The molecule has 3 aromatic rings. The van der Waals surface area contributed by atoms with E-state index >= 15 is 0 Å². The van der Waals surface area contributed by atoms with Gasteiger partial charge in [0.1, 0.15) is 23.8 Å². The maximum absolute atomic E-state index is 14.1. The molecule has 11 heteroatoms. The number of aliphatic carboxylic acids is 1. The van der Waals surface area contributed by atoms with Crippen LogP contribution in [-0.4, -0.2) is 33.5 Å². The molecule has 0 aliphatic rings. The first-order chi connectivity index (χ1) is 17.2. The average Bonchev–Trinajstić information content (AvgIpc) is 2.82. The molecule has 0 aliphatic carbocycles. The summed E-state index contributed by atoms with van der Waals surface area (Å²) in [6.07, 6.45) is -0.529. The normalized spacial score (nSPS) is 12.0. The van der Waals surface area contributed by atoms with Crippen LogP contribution in [0.5, 0.6) is 11.5 Å². The molecule has 0 heterocycles. The van der Waals surface area contributed by atoms with Gasteiger partial charge in [-0.25, -0.2) is 9.36 Å². The summed E-state index contributed by atoms with van der Waals surface area (Å²) in [6, 6.07) is 20.4. The number of hydrogen-bond donors (Lipinski definition) is 1. The van der Waals surface area contributed by atoms with Gasteiger partial charge in [0.15, 0.2) is 0 Å². The van der Waals surface area contributed by atoms with Crippen molar-refractivity contribution in [1.82, 2.24) is 4.90 Å². The van der Waals surface area contributed by atoms with Gasteiger partial charge in [0, 0.05) is 15.8 Å². The average molecular weight is 568 g/mol. The molecule has 0 aromatic heterocycles. The zero-order valence-corrected chi connectivity index (χ0v) is 22.5. The molecule has 190 valence electrons. The van der Waals surface area contributed by atoms with Crippen LogP contribution in [0.2, 0.25) is 10.0 Å². The molecule has 0 aliphatic heterocycles. The first kappa shape index (κ1) is 27.9. The van der Waals surface area contributed by atoms with Gasteiger partial charge in [-0.1, -0.05) is 84.4 Å². The lowest BCUT2D eigenvalue weighted by Crippen LogP contribution is -2.44. The molecular formula is C25H24Cl2NO6PS. The van der Waals surface area contributed by atoms with Gasteiger partial charge in [-0.2, -0.15) is 0 Å². The van der Waals surface area contributed by atoms with Crippen molar-refractivity contribution in [1.29, 1.82) is 0 Å². The minimum atomic E-state index is -4.20. The van der Waals surface area contributed by atoms with Crippen LogP contribution in [0.4, 0.5) is 4.79 Å². The fraction of sp³-hybridized carbons (Fsp3) is 0.200. The molecule has 0 fully saturated rings. The van der Waals surface area contributed by atoms with E-state index in [1.54, 1.807) is 31.2 Å². The van der Waals surface area contributed by atoms with Crippen molar-refractivity contribution in [2.24, 2.45) is 0 Å². The Hall–Kier alpha value is -2.64. The molecular weight excluding hydrogens is 544 g/mol. The molecule has 3 rings (SSSR count). The molecule has 0 bridgehead atoms. The summed E-state index contributed by atoms with van der Waals surface area (Å²) in [5.41, 5.74) is 0.882. The van der Waals surface area contributed by atoms with E-state index in [0.717, 1.165) is 22.2 Å². The summed E-state index contributed by atoms with van der Waals surface area (Å²) >= 11 is 13.0. The van der Waals surface area contributed by atoms with Crippen LogP contribution in [0.1, 0.15) is 18.9 Å². The summed E-state index contributed by atoms with van der Waals surface area (Å²) in [6.45, 7) is 1.63. The van der Waals surface area contributed by atoms with Gasteiger partial charge in [-0.15, -0.1) is 0 Å². The Morgan fingerprint density at radius 2 is 1.50 bits per heavy atom. The van der Waals surface area contributed by atoms with Crippen LogP contribution < -0.4 is 9.05 Å². The minimum Gasteiger partial charge on any atom is -0.480 e. The Bertz CT molecular complexity index is 1190. The second-order valence-corrected chi connectivity index (χ2v) is 11.3. The number of carboxylic acid groups (broad SMARTS) is 1. The van der Waals surface area contributed by atoms with Gasteiger partial charge in [0.2, 0.25) is 0 Å². The maximum Gasteiger partial charge on any atom is 0.450 e. The molecule has 36 heavy (non-hydrogen) atoms. The van der Waals surface area contributed by atoms with Crippen LogP contribution in [0, 0.1) is 0 Å². The molecule has 1 atom stereocenters. The smallest absolute Gasteiger partial charge is 0.450 e. The summed E-state index contributed by atoms with van der Waals surface area (Å²) in [5, 5.41) is 9.92. The lowest BCUT2D eigenvalue weighted by atomic mass is 10.2. The molecule has 1 N–H and O–H groups in total. The highest BCUT2D eigenvalue weighted by atomic mass is 35.5. The van der Waals surface area contributed by atoms with Crippen molar-refractivity contribution in [2.75, 3.05) is 6.29 Å². The Balaban J connectivity index is 1.93. The number of benzene rings is 3. The first-order valence-corrected chi connectivity index (χ1v) is 14.4. The lowest BCUT2D eigenvalue weighted by molar-refractivity contribution is -0.141. The van der Waals surface area contributed by atoms with E-state index in [-0.39, 0.29) is 17.9 Å². The third-order valence-corrected chi connectivity index (χ3v) is 7.95. The van der Waals surface area contributed by atoms with Crippen LogP contribution in [0.25, 0.3) is 0 Å². The Morgan fingerprint density at radius 1 is 0.944 bits per heavy atom. The van der Waals surface area contributed by atoms with Gasteiger partial charge >= 0.3 is 13.6 Å². The predicted molar refractivity (Wildman–Crippen MR) is 143 cm³/mol. The van der Waals surface area contributed by atoms with Crippen LogP contribution in [0.3, 0.4) is 0 Å². The van der Waals surface area contributed by atoms with Crippen LogP contribution in [-0.2, 0) is 15.1 Å². The predicted octanol–water partition coefficient (Wildman–Crippen LogP) is 7.82. The number of rotatable bonds is 11. The SMILES string of the molecule is CCC(C(=O)O)N(CP(=O)(Oc1cccc(Cl)c1)Oc1cccc(Cl)c1)C(=O)SCc1ccccc1. The number of carbonyl (C=O) groups excluding carboxylic acids is 1. The summed E-state index contributed by atoms with van der Waals surface area (Å²) in [5.74, 6) is -0.648. The van der Waals surface area contributed by atoms with E-state index in [0.29, 0.717) is 15.8 Å². The van der Waals surface area contributed by atoms with Crippen LogP contribution >= 0.6 is 42.6 Å². The minimum absolute atomic E-state index is 0.0846. The van der Waals surface area contributed by atoms with E-state index in [4.69, 9.17) is 32.2 Å². The molecule has 1 unspecified atom stereocenters. The number of hydrogen-bond acceptors (Lipinski definition) is 6. The van der Waals surface area contributed by atoms with Crippen molar-refractivity contribution in [3.05, 3.63) is 94.5 Å². The zero-order chi connectivity index (χ0) is 26.1. The van der Waals surface area contributed by atoms with E-state index in [9.17, 15) is 19.3 Å².